The predicted octanol–water partition coefficient (Wildman–Crippen LogP) is 3.29. The summed E-state index contributed by atoms with van der Waals surface area (Å²) >= 11 is 1.72. The van der Waals surface area contributed by atoms with Crippen molar-refractivity contribution in [3.63, 3.8) is 0 Å². The Morgan fingerprint density at radius 1 is 1.14 bits per heavy atom. The Hall–Kier alpha value is -2.68. The summed E-state index contributed by atoms with van der Waals surface area (Å²) in [5, 5.41) is 2.56. The molecule has 1 saturated heterocycles. The summed E-state index contributed by atoms with van der Waals surface area (Å²) in [6, 6.07) is 14.0. The van der Waals surface area contributed by atoms with Crippen LogP contribution in [0.2, 0.25) is 0 Å². The summed E-state index contributed by atoms with van der Waals surface area (Å²) in [6.45, 7) is 5.28. The largest absolute Gasteiger partial charge is 0.379 e. The molecule has 2 aromatic carbocycles. The Morgan fingerprint density at radius 2 is 1.89 bits per heavy atom. The van der Waals surface area contributed by atoms with E-state index in [1.165, 1.54) is 11.1 Å². The van der Waals surface area contributed by atoms with Crippen molar-refractivity contribution >= 4 is 29.9 Å². The highest BCUT2D eigenvalue weighted by molar-refractivity contribution is 7.98. The topological polar surface area (TPSA) is 79.0 Å². The molecule has 2 heterocycles. The van der Waals surface area contributed by atoms with Crippen molar-refractivity contribution in [3.05, 3.63) is 64.7 Å². The quantitative estimate of drug-likeness (QED) is 0.350. The number of hydrogen-bond acceptors (Lipinski definition) is 6. The van der Waals surface area contributed by atoms with Gasteiger partial charge in [-0.25, -0.2) is 0 Å². The first kappa shape index (κ1) is 26.4. The van der Waals surface area contributed by atoms with Crippen molar-refractivity contribution in [2.75, 3.05) is 39.9 Å². The Balaban J connectivity index is 1.31. The van der Waals surface area contributed by atoms with Crippen LogP contribution < -0.4 is 5.32 Å². The highest BCUT2D eigenvalue weighted by Gasteiger charge is 2.34. The number of rotatable bonds is 12. The van der Waals surface area contributed by atoms with Crippen molar-refractivity contribution in [1.82, 2.24) is 15.1 Å². The van der Waals surface area contributed by atoms with Gasteiger partial charge < -0.3 is 19.7 Å². The van der Waals surface area contributed by atoms with Gasteiger partial charge in [0.25, 0.3) is 5.91 Å². The number of thioether (sulfide) groups is 1. The lowest BCUT2D eigenvalue weighted by Gasteiger charge is -2.26. The van der Waals surface area contributed by atoms with E-state index in [0.717, 1.165) is 68.2 Å². The first-order chi connectivity index (χ1) is 17.6. The lowest BCUT2D eigenvalue weighted by atomic mass is 10.1. The molecular formula is C28H35N3O4S. The molecule has 7 nitrogen and oxygen atoms in total. The molecule has 192 valence electrons. The molecule has 0 radical (unpaired) electrons. The number of benzene rings is 2. The number of hydrogen-bond donors (Lipinski definition) is 1. The standard InChI is InChI=1S/C28H35N3O4S/c1-29-27(33)12-11-23(19-32)31-18-25-24(28(31)34)5-2-6-26(25)36-20-22-9-7-21(8-10-22)4-3-13-30-14-16-35-17-15-30/h2,5-10,19,23H,3-4,11-18,20H2,1H3,(H,29,33). The molecule has 2 aliphatic rings. The van der Waals surface area contributed by atoms with Gasteiger partial charge in [0.2, 0.25) is 5.91 Å². The summed E-state index contributed by atoms with van der Waals surface area (Å²) in [5.74, 6) is 0.542. The molecule has 2 aromatic rings. The van der Waals surface area contributed by atoms with E-state index in [4.69, 9.17) is 4.74 Å². The predicted molar refractivity (Wildman–Crippen MR) is 141 cm³/mol. The van der Waals surface area contributed by atoms with Crippen molar-refractivity contribution in [3.8, 4) is 0 Å². The fourth-order valence-corrected chi connectivity index (χ4v) is 5.76. The highest BCUT2D eigenvalue weighted by atomic mass is 32.2. The van der Waals surface area contributed by atoms with Gasteiger partial charge in [0, 0.05) is 49.3 Å². The number of nitrogens with one attached hydrogen (secondary N) is 1. The van der Waals surface area contributed by atoms with Crippen LogP contribution in [0.25, 0.3) is 0 Å². The van der Waals surface area contributed by atoms with Crippen LogP contribution in [0.4, 0.5) is 0 Å². The van der Waals surface area contributed by atoms with Crippen LogP contribution in [0.1, 0.15) is 46.3 Å². The molecule has 1 N–H and O–H groups in total. The van der Waals surface area contributed by atoms with Crippen LogP contribution in [-0.2, 0) is 33.0 Å². The van der Waals surface area contributed by atoms with Crippen LogP contribution in [0.5, 0.6) is 0 Å². The third-order valence-electron chi connectivity index (χ3n) is 6.92. The summed E-state index contributed by atoms with van der Waals surface area (Å²) in [7, 11) is 1.57. The van der Waals surface area contributed by atoms with Gasteiger partial charge in [0.05, 0.1) is 19.3 Å². The van der Waals surface area contributed by atoms with Crippen LogP contribution >= 0.6 is 11.8 Å². The fraction of sp³-hybridized carbons (Fsp3) is 0.464. The zero-order valence-electron chi connectivity index (χ0n) is 20.9. The Bertz CT molecular complexity index is 1050. The van der Waals surface area contributed by atoms with E-state index in [9.17, 15) is 14.4 Å². The van der Waals surface area contributed by atoms with E-state index in [1.807, 2.05) is 18.2 Å². The van der Waals surface area contributed by atoms with E-state index >= 15 is 0 Å². The normalized spacial score (nSPS) is 16.6. The number of carbonyl (C=O) groups excluding carboxylic acids is 3. The maximum Gasteiger partial charge on any atom is 0.255 e. The SMILES string of the molecule is CNC(=O)CCC(C=O)N1Cc2c(SCc3ccc(CCCN4CCOCC4)cc3)cccc2C1=O. The number of carbonyl (C=O) groups is 3. The first-order valence-electron chi connectivity index (χ1n) is 12.7. The minimum atomic E-state index is -0.601. The zero-order chi connectivity index (χ0) is 25.3. The number of ether oxygens (including phenoxy) is 1. The molecule has 0 saturated carbocycles. The number of nitrogens with zero attached hydrogens (tertiary/aromatic N) is 2. The molecule has 1 atom stereocenters. The molecule has 4 rings (SSSR count). The lowest BCUT2D eigenvalue weighted by molar-refractivity contribution is -0.121. The third kappa shape index (κ3) is 6.75. The molecular weight excluding hydrogens is 474 g/mol. The molecule has 1 fully saturated rings. The average molecular weight is 510 g/mol. The minimum Gasteiger partial charge on any atom is -0.379 e. The second-order valence-electron chi connectivity index (χ2n) is 9.29. The molecule has 36 heavy (non-hydrogen) atoms. The number of morpholine rings is 1. The number of fused-ring (bicyclic) bond motifs is 1. The third-order valence-corrected chi connectivity index (χ3v) is 8.09. The van der Waals surface area contributed by atoms with Gasteiger partial charge in [-0.3, -0.25) is 14.5 Å². The number of amides is 2. The first-order valence-corrected chi connectivity index (χ1v) is 13.7. The van der Waals surface area contributed by atoms with Crippen molar-refractivity contribution in [2.45, 2.75) is 48.9 Å². The van der Waals surface area contributed by atoms with E-state index in [0.29, 0.717) is 18.5 Å². The molecule has 0 aromatic heterocycles. The smallest absolute Gasteiger partial charge is 0.255 e. The molecule has 0 spiro atoms. The molecule has 8 heteroatoms. The van der Waals surface area contributed by atoms with Gasteiger partial charge in [0.15, 0.2) is 0 Å². The number of aryl methyl sites for hydroxylation is 1. The van der Waals surface area contributed by atoms with Gasteiger partial charge >= 0.3 is 0 Å². The maximum absolute atomic E-state index is 13.0. The van der Waals surface area contributed by atoms with Crippen LogP contribution in [0.3, 0.4) is 0 Å². The zero-order valence-corrected chi connectivity index (χ0v) is 21.7. The van der Waals surface area contributed by atoms with Gasteiger partial charge in [-0.1, -0.05) is 30.3 Å². The van der Waals surface area contributed by atoms with Crippen molar-refractivity contribution in [1.29, 1.82) is 0 Å². The molecule has 1 unspecified atom stereocenters. The summed E-state index contributed by atoms with van der Waals surface area (Å²) in [5.41, 5.74) is 4.23. The monoisotopic (exact) mass is 509 g/mol. The maximum atomic E-state index is 13.0. The molecule has 2 amide bonds. The van der Waals surface area contributed by atoms with Gasteiger partial charge in [-0.05, 0) is 54.6 Å². The second-order valence-corrected chi connectivity index (χ2v) is 10.3. The average Bonchev–Trinajstić information content (AvgIpc) is 3.26. The van der Waals surface area contributed by atoms with Gasteiger partial charge in [-0.2, -0.15) is 0 Å². The molecule has 2 aliphatic heterocycles. The molecule has 0 aliphatic carbocycles. The van der Waals surface area contributed by atoms with E-state index in [1.54, 1.807) is 23.7 Å². The summed E-state index contributed by atoms with van der Waals surface area (Å²) in [6.07, 6.45) is 3.55. The van der Waals surface area contributed by atoms with E-state index in [2.05, 4.69) is 34.5 Å². The van der Waals surface area contributed by atoms with Crippen LogP contribution in [-0.4, -0.2) is 73.8 Å². The second kappa shape index (κ2) is 13.0. The van der Waals surface area contributed by atoms with Gasteiger partial charge in [0.1, 0.15) is 6.29 Å². The summed E-state index contributed by atoms with van der Waals surface area (Å²) in [4.78, 5) is 41.5. The van der Waals surface area contributed by atoms with Crippen LogP contribution in [0, 0.1) is 0 Å². The fourth-order valence-electron chi connectivity index (χ4n) is 4.73. The van der Waals surface area contributed by atoms with Gasteiger partial charge in [-0.15, -0.1) is 11.8 Å². The van der Waals surface area contributed by atoms with Crippen molar-refractivity contribution in [2.24, 2.45) is 0 Å². The van der Waals surface area contributed by atoms with E-state index in [-0.39, 0.29) is 18.2 Å². The lowest BCUT2D eigenvalue weighted by Crippen LogP contribution is -2.37. The van der Waals surface area contributed by atoms with E-state index < -0.39 is 6.04 Å². The number of aldehydes is 1. The Kier molecular flexibility index (Phi) is 9.55. The Morgan fingerprint density at radius 3 is 2.61 bits per heavy atom. The summed E-state index contributed by atoms with van der Waals surface area (Å²) < 4.78 is 5.41. The minimum absolute atomic E-state index is 0.134. The van der Waals surface area contributed by atoms with Crippen molar-refractivity contribution < 1.29 is 19.1 Å². The molecule has 0 bridgehead atoms. The highest BCUT2D eigenvalue weighted by Crippen LogP contribution is 2.35. The Labute approximate surface area is 217 Å². The van der Waals surface area contributed by atoms with Crippen LogP contribution in [0.15, 0.2) is 47.4 Å².